The first-order valence-corrected chi connectivity index (χ1v) is 6.18. The van der Waals surface area contributed by atoms with Crippen molar-refractivity contribution in [3.05, 3.63) is 11.9 Å². The average molecular weight is 271 g/mol. The van der Waals surface area contributed by atoms with Crippen molar-refractivity contribution in [3.8, 4) is 0 Å². The van der Waals surface area contributed by atoms with Crippen LogP contribution in [0.15, 0.2) is 6.20 Å². The zero-order valence-corrected chi connectivity index (χ0v) is 11.2. The minimum Gasteiger partial charge on any atom is -0.382 e. The number of nitrogens with two attached hydrogens (primary N) is 1. The summed E-state index contributed by atoms with van der Waals surface area (Å²) in [7, 11) is 1.63. The van der Waals surface area contributed by atoms with Crippen molar-refractivity contribution in [2.45, 2.75) is 19.5 Å². The van der Waals surface area contributed by atoms with E-state index in [0.717, 1.165) is 6.42 Å². The summed E-state index contributed by atoms with van der Waals surface area (Å²) in [5.74, 6) is -0.106. The van der Waals surface area contributed by atoms with Crippen molar-refractivity contribution in [1.82, 2.24) is 20.3 Å². The van der Waals surface area contributed by atoms with Gasteiger partial charge in [0.25, 0.3) is 0 Å². The maximum Gasteiger partial charge on any atom is 0.241 e. The number of amides is 1. The summed E-state index contributed by atoms with van der Waals surface area (Å²) in [5, 5.41) is 10.4. The summed E-state index contributed by atoms with van der Waals surface area (Å²) in [6, 6.07) is 0. The molecule has 1 rings (SSSR count). The molecule has 3 N–H and O–H groups in total. The second-order valence-electron chi connectivity index (χ2n) is 3.92. The molecule has 8 heteroatoms. The summed E-state index contributed by atoms with van der Waals surface area (Å²) in [6.45, 7) is 2.81. The predicted octanol–water partition coefficient (Wildman–Crippen LogP) is -1.09. The second-order valence-corrected chi connectivity index (χ2v) is 3.92. The highest BCUT2D eigenvalue weighted by atomic mass is 16.5. The van der Waals surface area contributed by atoms with Crippen LogP contribution in [0.3, 0.4) is 0 Å². The number of rotatable bonds is 10. The van der Waals surface area contributed by atoms with Gasteiger partial charge in [0.05, 0.1) is 25.1 Å². The average Bonchev–Trinajstić information content (AvgIpc) is 2.85. The number of nitrogens with zero attached hydrogens (tertiary/aromatic N) is 3. The molecule has 0 aromatic carbocycles. The van der Waals surface area contributed by atoms with Crippen LogP contribution in [-0.2, 0) is 27.4 Å². The highest BCUT2D eigenvalue weighted by molar-refractivity contribution is 5.75. The largest absolute Gasteiger partial charge is 0.382 e. The smallest absolute Gasteiger partial charge is 0.241 e. The molecule has 0 saturated heterocycles. The van der Waals surface area contributed by atoms with E-state index in [9.17, 15) is 4.79 Å². The minimum absolute atomic E-state index is 0.106. The monoisotopic (exact) mass is 271 g/mol. The number of methoxy groups -OCH3 is 1. The van der Waals surface area contributed by atoms with E-state index in [-0.39, 0.29) is 12.5 Å². The van der Waals surface area contributed by atoms with Crippen LogP contribution in [0, 0.1) is 0 Å². The molecule has 108 valence electrons. The summed E-state index contributed by atoms with van der Waals surface area (Å²) >= 11 is 0. The molecule has 1 aromatic heterocycles. The van der Waals surface area contributed by atoms with Gasteiger partial charge in [0.1, 0.15) is 6.54 Å². The Morgan fingerprint density at radius 2 is 2.32 bits per heavy atom. The van der Waals surface area contributed by atoms with Crippen molar-refractivity contribution < 1.29 is 14.3 Å². The molecule has 0 radical (unpaired) electrons. The Hall–Kier alpha value is -1.51. The maximum atomic E-state index is 11.6. The van der Waals surface area contributed by atoms with Gasteiger partial charge < -0.3 is 20.5 Å². The van der Waals surface area contributed by atoms with Gasteiger partial charge in [-0.25, -0.2) is 4.68 Å². The van der Waals surface area contributed by atoms with Crippen molar-refractivity contribution >= 4 is 5.91 Å². The van der Waals surface area contributed by atoms with Crippen molar-refractivity contribution in [1.29, 1.82) is 0 Å². The standard InChI is InChI=1S/C11H21N5O3/c1-18-5-6-19-4-2-3-13-11(17)9-16-8-10(7-12)14-15-16/h8H,2-7,9,12H2,1H3,(H,13,17). The lowest BCUT2D eigenvalue weighted by atomic mass is 10.4. The lowest BCUT2D eigenvalue weighted by molar-refractivity contribution is -0.121. The van der Waals surface area contributed by atoms with Crippen molar-refractivity contribution in [2.75, 3.05) is 33.5 Å². The zero-order valence-electron chi connectivity index (χ0n) is 11.2. The summed E-state index contributed by atoms with van der Waals surface area (Å²) in [4.78, 5) is 11.6. The zero-order chi connectivity index (χ0) is 13.9. The van der Waals surface area contributed by atoms with E-state index in [2.05, 4.69) is 15.6 Å². The molecule has 0 atom stereocenters. The van der Waals surface area contributed by atoms with Crippen LogP contribution in [0.1, 0.15) is 12.1 Å². The minimum atomic E-state index is -0.106. The molecular weight excluding hydrogens is 250 g/mol. The summed E-state index contributed by atoms with van der Waals surface area (Å²) in [6.07, 6.45) is 2.42. The molecule has 0 unspecified atom stereocenters. The van der Waals surface area contributed by atoms with Gasteiger partial charge in [-0.3, -0.25) is 4.79 Å². The first-order valence-electron chi connectivity index (χ1n) is 6.18. The number of hydrogen-bond donors (Lipinski definition) is 2. The molecule has 0 aliphatic carbocycles. The third-order valence-corrected chi connectivity index (χ3v) is 2.32. The molecule has 1 amide bonds. The van der Waals surface area contributed by atoms with Gasteiger partial charge in [-0.15, -0.1) is 5.10 Å². The Labute approximate surface area is 112 Å². The molecule has 0 spiro atoms. The molecule has 1 heterocycles. The molecule has 0 saturated carbocycles. The van der Waals surface area contributed by atoms with E-state index >= 15 is 0 Å². The van der Waals surface area contributed by atoms with Crippen LogP contribution >= 0.6 is 0 Å². The van der Waals surface area contributed by atoms with Crippen LogP contribution in [0.25, 0.3) is 0 Å². The van der Waals surface area contributed by atoms with Gasteiger partial charge in [0, 0.05) is 26.8 Å². The lowest BCUT2D eigenvalue weighted by Gasteiger charge is -2.05. The molecule has 0 aliphatic rings. The fourth-order valence-electron chi connectivity index (χ4n) is 1.36. The third kappa shape index (κ3) is 6.85. The normalized spacial score (nSPS) is 10.6. The fraction of sp³-hybridized carbons (Fsp3) is 0.727. The van der Waals surface area contributed by atoms with Crippen molar-refractivity contribution in [3.63, 3.8) is 0 Å². The Bertz CT molecular complexity index is 369. The predicted molar refractivity (Wildman–Crippen MR) is 68.2 cm³/mol. The van der Waals surface area contributed by atoms with E-state index in [1.54, 1.807) is 13.3 Å². The van der Waals surface area contributed by atoms with Crippen LogP contribution in [0.5, 0.6) is 0 Å². The Morgan fingerprint density at radius 3 is 3.00 bits per heavy atom. The molecular formula is C11H21N5O3. The van der Waals surface area contributed by atoms with Crippen LogP contribution in [-0.4, -0.2) is 54.4 Å². The number of aromatic nitrogens is 3. The maximum absolute atomic E-state index is 11.6. The van der Waals surface area contributed by atoms with Gasteiger partial charge >= 0.3 is 0 Å². The molecule has 0 bridgehead atoms. The molecule has 0 aliphatic heterocycles. The van der Waals surface area contributed by atoms with Crippen molar-refractivity contribution in [2.24, 2.45) is 5.73 Å². The quantitative estimate of drug-likeness (QED) is 0.524. The molecule has 0 fully saturated rings. The highest BCUT2D eigenvalue weighted by Crippen LogP contribution is 1.90. The van der Waals surface area contributed by atoms with Gasteiger partial charge in [0.2, 0.25) is 5.91 Å². The van der Waals surface area contributed by atoms with E-state index in [1.807, 2.05) is 0 Å². The number of hydrogen-bond acceptors (Lipinski definition) is 6. The van der Waals surface area contributed by atoms with E-state index in [4.69, 9.17) is 15.2 Å². The number of carbonyl (C=O) groups is 1. The second kappa shape index (κ2) is 9.42. The topological polar surface area (TPSA) is 104 Å². The fourth-order valence-corrected chi connectivity index (χ4v) is 1.36. The first kappa shape index (κ1) is 15.5. The Morgan fingerprint density at radius 1 is 1.47 bits per heavy atom. The molecule has 19 heavy (non-hydrogen) atoms. The van der Waals surface area contributed by atoms with Crippen LogP contribution < -0.4 is 11.1 Å². The van der Waals surface area contributed by atoms with E-state index in [0.29, 0.717) is 38.6 Å². The SMILES string of the molecule is COCCOCCCNC(=O)Cn1cc(CN)nn1. The molecule has 1 aromatic rings. The lowest BCUT2D eigenvalue weighted by Crippen LogP contribution is -2.29. The van der Waals surface area contributed by atoms with E-state index < -0.39 is 0 Å². The number of nitrogens with one attached hydrogen (secondary N) is 1. The highest BCUT2D eigenvalue weighted by Gasteiger charge is 2.04. The van der Waals surface area contributed by atoms with Crippen LogP contribution in [0.4, 0.5) is 0 Å². The number of carbonyl (C=O) groups excluding carboxylic acids is 1. The van der Waals surface area contributed by atoms with Gasteiger partial charge in [-0.05, 0) is 6.42 Å². The molecule has 8 nitrogen and oxygen atoms in total. The van der Waals surface area contributed by atoms with Gasteiger partial charge in [-0.2, -0.15) is 0 Å². The van der Waals surface area contributed by atoms with E-state index in [1.165, 1.54) is 4.68 Å². The van der Waals surface area contributed by atoms with Gasteiger partial charge in [0.15, 0.2) is 0 Å². The first-order chi connectivity index (χ1) is 9.26. The van der Waals surface area contributed by atoms with Gasteiger partial charge in [-0.1, -0.05) is 5.21 Å². The third-order valence-electron chi connectivity index (χ3n) is 2.32. The van der Waals surface area contributed by atoms with Crippen LogP contribution in [0.2, 0.25) is 0 Å². The summed E-state index contributed by atoms with van der Waals surface area (Å²) in [5.41, 5.74) is 6.07. The number of ether oxygens (including phenoxy) is 2. The Kier molecular flexibility index (Phi) is 7.71. The Balaban J connectivity index is 2.04. The summed E-state index contributed by atoms with van der Waals surface area (Å²) < 4.78 is 11.6.